The van der Waals surface area contributed by atoms with E-state index < -0.39 is 17.8 Å². The Bertz CT molecular complexity index is 1980. The number of benzene rings is 2. The van der Waals surface area contributed by atoms with Crippen LogP contribution in [0.3, 0.4) is 0 Å². The number of ether oxygens (including phenoxy) is 1. The Morgan fingerprint density at radius 2 is 1.36 bits per heavy atom. The molecule has 3 amide bonds. The quantitative estimate of drug-likeness (QED) is 0.123. The summed E-state index contributed by atoms with van der Waals surface area (Å²) < 4.78 is 16.5. The number of nitrogens with zero attached hydrogens (tertiary/aromatic N) is 5. The first-order valence-electron chi connectivity index (χ1n) is 17.4. The van der Waals surface area contributed by atoms with Crippen molar-refractivity contribution in [3.05, 3.63) is 102 Å². The zero-order chi connectivity index (χ0) is 37.7. The van der Waals surface area contributed by atoms with Crippen molar-refractivity contribution in [1.82, 2.24) is 20.0 Å². The van der Waals surface area contributed by atoms with Gasteiger partial charge in [0.25, 0.3) is 17.7 Å². The van der Waals surface area contributed by atoms with Gasteiger partial charge in [-0.1, -0.05) is 63.1 Å². The molecule has 5 aromatic rings. The molecule has 53 heavy (non-hydrogen) atoms. The van der Waals surface area contributed by atoms with Crippen molar-refractivity contribution >= 4 is 35.2 Å². The van der Waals surface area contributed by atoms with E-state index in [0.29, 0.717) is 53.4 Å². The molecule has 276 valence electrons. The zero-order valence-corrected chi connectivity index (χ0v) is 30.2. The lowest BCUT2D eigenvalue weighted by Gasteiger charge is -2.17. The number of hydroxylamine groups is 2. The minimum Gasteiger partial charge on any atom is -0.431 e. The lowest BCUT2D eigenvalue weighted by Crippen LogP contribution is -2.32. The number of likely N-dealkylation sites (N-methyl/N-ethyl adjacent to an activating group) is 1. The third-order valence-corrected chi connectivity index (χ3v) is 8.01. The number of pyridine rings is 1. The highest BCUT2D eigenvalue weighted by atomic mass is 16.7. The number of amides is 3. The van der Waals surface area contributed by atoms with Crippen molar-refractivity contribution in [3.63, 3.8) is 0 Å². The predicted molar refractivity (Wildman–Crippen MR) is 196 cm³/mol. The van der Waals surface area contributed by atoms with Crippen LogP contribution in [-0.4, -0.2) is 71.0 Å². The van der Waals surface area contributed by atoms with Crippen LogP contribution in [0.15, 0.2) is 87.8 Å². The number of carbonyl (C=O) groups excluding carboxylic acids is 4. The molecule has 0 saturated carbocycles. The second kappa shape index (κ2) is 18.4. The monoisotopic (exact) mass is 722 g/mol. The number of oxazole rings is 2. The molecule has 3 aromatic heterocycles. The van der Waals surface area contributed by atoms with Gasteiger partial charge in [0.05, 0.1) is 29.9 Å². The van der Waals surface area contributed by atoms with Crippen molar-refractivity contribution in [2.24, 2.45) is 0 Å². The average Bonchev–Trinajstić information content (AvgIpc) is 3.89. The number of hydrogen-bond donors (Lipinski definition) is 1. The number of anilines is 2. The third kappa shape index (κ3) is 9.80. The number of aromatic nitrogens is 3. The van der Waals surface area contributed by atoms with Gasteiger partial charge in [0.15, 0.2) is 0 Å². The van der Waals surface area contributed by atoms with E-state index in [0.717, 1.165) is 36.3 Å². The molecule has 4 heterocycles. The maximum atomic E-state index is 12.8. The zero-order valence-electron chi connectivity index (χ0n) is 30.2. The molecule has 0 spiro atoms. The molecule has 1 saturated heterocycles. The van der Waals surface area contributed by atoms with Crippen molar-refractivity contribution in [2.45, 2.75) is 52.4 Å². The van der Waals surface area contributed by atoms with E-state index in [4.69, 9.17) is 18.4 Å². The molecule has 14 heteroatoms. The Hall–Kier alpha value is -6.15. The van der Waals surface area contributed by atoms with Crippen molar-refractivity contribution in [3.8, 4) is 22.9 Å². The van der Waals surface area contributed by atoms with Gasteiger partial charge in [-0.2, -0.15) is 0 Å². The second-order valence-corrected chi connectivity index (χ2v) is 12.1. The maximum absolute atomic E-state index is 12.8. The number of nitrogens with one attached hydrogen (secondary N) is 1. The fourth-order valence-electron chi connectivity index (χ4n) is 5.26. The van der Waals surface area contributed by atoms with Crippen molar-refractivity contribution in [1.29, 1.82) is 0 Å². The van der Waals surface area contributed by atoms with Crippen LogP contribution in [0.2, 0.25) is 0 Å². The van der Waals surface area contributed by atoms with E-state index in [-0.39, 0.29) is 30.3 Å². The van der Waals surface area contributed by atoms with Crippen LogP contribution in [0.4, 0.5) is 11.5 Å². The topological polar surface area (TPSA) is 170 Å². The molecule has 0 atom stereocenters. The van der Waals surface area contributed by atoms with Crippen LogP contribution in [0.1, 0.15) is 72.0 Å². The highest BCUT2D eigenvalue weighted by Crippen LogP contribution is 2.26. The minimum atomic E-state index is -0.892. The normalized spacial score (nSPS) is 12.3. The summed E-state index contributed by atoms with van der Waals surface area (Å²) in [7, 11) is 3.61. The summed E-state index contributed by atoms with van der Waals surface area (Å²) in [6.45, 7) is 5.34. The number of rotatable bonds is 14. The van der Waals surface area contributed by atoms with E-state index in [9.17, 15) is 19.2 Å². The third-order valence-electron chi connectivity index (χ3n) is 8.01. The Kier molecular flexibility index (Phi) is 13.2. The van der Waals surface area contributed by atoms with E-state index >= 15 is 0 Å². The summed E-state index contributed by atoms with van der Waals surface area (Å²) in [6, 6.07) is 22.4. The lowest BCUT2D eigenvalue weighted by molar-refractivity contribution is -0.173. The Labute approximate surface area is 307 Å². The maximum Gasteiger partial charge on any atom is 0.401 e. The Morgan fingerprint density at radius 1 is 0.811 bits per heavy atom. The highest BCUT2D eigenvalue weighted by molar-refractivity contribution is 6.03. The van der Waals surface area contributed by atoms with Crippen LogP contribution in [0.25, 0.3) is 22.9 Å². The SMILES string of the molecule is CCCc1nc(-c2ccccc2)oc1C(=O)Nc1ccc(N(C)CCOC)nc1.CCCc1nc(-c2ccccc2)oc1C(=O)ON1C(=O)CCC1=O. The number of aryl methyl sites for hydroxylation is 2. The van der Waals surface area contributed by atoms with Gasteiger partial charge in [0.1, 0.15) is 5.82 Å². The summed E-state index contributed by atoms with van der Waals surface area (Å²) >= 11 is 0. The minimum absolute atomic E-state index is 0.0413. The second-order valence-electron chi connectivity index (χ2n) is 12.1. The summed E-state index contributed by atoms with van der Waals surface area (Å²) in [6.07, 6.45) is 4.51. The molecular weight excluding hydrogens is 680 g/mol. The van der Waals surface area contributed by atoms with E-state index in [1.807, 2.05) is 98.6 Å². The van der Waals surface area contributed by atoms with Gasteiger partial charge in [-0.05, 0) is 49.2 Å². The van der Waals surface area contributed by atoms with Gasteiger partial charge < -0.3 is 28.6 Å². The van der Waals surface area contributed by atoms with Gasteiger partial charge in [-0.25, -0.2) is 19.7 Å². The van der Waals surface area contributed by atoms with Crippen LogP contribution in [-0.2, 0) is 32.0 Å². The van der Waals surface area contributed by atoms with Crippen LogP contribution >= 0.6 is 0 Å². The molecule has 2 aromatic carbocycles. The first-order chi connectivity index (χ1) is 25.7. The summed E-state index contributed by atoms with van der Waals surface area (Å²) in [5.74, 6) is -0.575. The molecule has 1 aliphatic heterocycles. The van der Waals surface area contributed by atoms with Crippen LogP contribution in [0, 0.1) is 0 Å². The molecule has 1 fully saturated rings. The summed E-state index contributed by atoms with van der Waals surface area (Å²) in [4.78, 5) is 68.5. The molecule has 0 bridgehead atoms. The van der Waals surface area contributed by atoms with Crippen LogP contribution in [0.5, 0.6) is 0 Å². The predicted octanol–water partition coefficient (Wildman–Crippen LogP) is 6.54. The molecule has 1 N–H and O–H groups in total. The van der Waals surface area contributed by atoms with Crippen molar-refractivity contribution in [2.75, 3.05) is 37.5 Å². The molecule has 0 aliphatic carbocycles. The number of methoxy groups -OCH3 is 1. The molecule has 0 radical (unpaired) electrons. The standard InChI is InChI=1S/C22H26N4O3.C17H16N2O5/c1-4-8-18-20(29-22(25-18)16-9-6-5-7-10-16)21(27)24-17-11-12-19(23-15-17)26(2)13-14-28-3;1-2-6-12-15(17(22)24-19-13(20)9-10-14(19)21)23-16(18-12)11-7-4-3-5-8-11/h5-7,9-12,15H,4,8,13-14H2,1-3H3,(H,24,27);3-5,7-8H,2,6,9-10H2,1H3. The highest BCUT2D eigenvalue weighted by Gasteiger charge is 2.35. The smallest absolute Gasteiger partial charge is 0.401 e. The fourth-order valence-corrected chi connectivity index (χ4v) is 5.26. The molecule has 6 rings (SSSR count). The number of imide groups is 1. The van der Waals surface area contributed by atoms with E-state index in [1.54, 1.807) is 13.3 Å². The van der Waals surface area contributed by atoms with Gasteiger partial charge in [-0.15, -0.1) is 5.06 Å². The van der Waals surface area contributed by atoms with Gasteiger partial charge in [-0.3, -0.25) is 14.4 Å². The Morgan fingerprint density at radius 3 is 1.87 bits per heavy atom. The number of hydrogen-bond acceptors (Lipinski definition) is 12. The largest absolute Gasteiger partial charge is 0.431 e. The van der Waals surface area contributed by atoms with Crippen LogP contribution < -0.4 is 10.2 Å². The van der Waals surface area contributed by atoms with Gasteiger partial charge in [0.2, 0.25) is 23.3 Å². The van der Waals surface area contributed by atoms with Gasteiger partial charge >= 0.3 is 5.97 Å². The Balaban J connectivity index is 0.000000208. The van der Waals surface area contributed by atoms with E-state index in [1.165, 1.54) is 0 Å². The first kappa shape index (κ1) is 38.1. The summed E-state index contributed by atoms with van der Waals surface area (Å²) in [5.41, 5.74) is 3.27. The molecule has 1 aliphatic rings. The van der Waals surface area contributed by atoms with Gasteiger partial charge in [0, 0.05) is 44.7 Å². The summed E-state index contributed by atoms with van der Waals surface area (Å²) in [5, 5.41) is 3.36. The van der Waals surface area contributed by atoms with E-state index in [2.05, 4.69) is 20.3 Å². The fraction of sp³-hybridized carbons (Fsp3) is 0.308. The number of carbonyl (C=O) groups is 4. The van der Waals surface area contributed by atoms with Crippen molar-refractivity contribution < 1.29 is 37.6 Å². The molecule has 14 nitrogen and oxygen atoms in total. The average molecular weight is 723 g/mol. The molecular formula is C39H42N6O8. The first-order valence-corrected chi connectivity index (χ1v) is 17.4. The lowest BCUT2D eigenvalue weighted by atomic mass is 10.2. The molecule has 0 unspecified atom stereocenters.